The molecule has 0 aliphatic heterocycles. The van der Waals surface area contributed by atoms with Gasteiger partial charge in [0.2, 0.25) is 0 Å². The topological polar surface area (TPSA) is 119 Å². The van der Waals surface area contributed by atoms with E-state index in [0.29, 0.717) is 0 Å². The molecule has 33 heavy (non-hydrogen) atoms. The molecule has 1 aliphatic rings. The third-order valence-corrected chi connectivity index (χ3v) is 7.76. The van der Waals surface area contributed by atoms with Crippen molar-refractivity contribution in [1.29, 1.82) is 0 Å². The Balaban J connectivity index is 1.82. The summed E-state index contributed by atoms with van der Waals surface area (Å²) in [6.45, 7) is 0. The number of carbonyl (C=O) groups excluding carboxylic acids is 2. The smallest absolute Gasteiger partial charge is 0.396 e. The first-order chi connectivity index (χ1) is 15.6. The number of hydrogen-bond donors (Lipinski definition) is 2. The predicted octanol–water partition coefficient (Wildman–Crippen LogP) is 4.96. The number of aromatic hydroxyl groups is 1. The molecule has 0 bridgehead atoms. The maximum atomic E-state index is 12.9. The molecule has 1 amide bonds. The first kappa shape index (κ1) is 25.1. The van der Waals surface area contributed by atoms with Crippen molar-refractivity contribution in [3.63, 3.8) is 0 Å². The Morgan fingerprint density at radius 2 is 1.73 bits per heavy atom. The average Bonchev–Trinajstić information content (AvgIpc) is 2.77. The van der Waals surface area contributed by atoms with E-state index in [1.807, 2.05) is 0 Å². The summed E-state index contributed by atoms with van der Waals surface area (Å²) in [6, 6.07) is 6.47. The molecule has 2 N–H and O–H groups in total. The molecule has 2 aromatic rings. The van der Waals surface area contributed by atoms with E-state index in [2.05, 4.69) is 10.1 Å². The van der Waals surface area contributed by atoms with Crippen molar-refractivity contribution < 1.29 is 32.6 Å². The number of esters is 1. The molecule has 11 heteroatoms. The van der Waals surface area contributed by atoms with E-state index < -0.39 is 21.7 Å². The third-order valence-electron chi connectivity index (χ3n) is 5.29. The van der Waals surface area contributed by atoms with Gasteiger partial charge in [0.1, 0.15) is 16.4 Å². The molecule has 1 aliphatic carbocycles. The van der Waals surface area contributed by atoms with Crippen molar-refractivity contribution in [1.82, 2.24) is 0 Å². The standard InChI is InChI=1S/C22H23Cl2NO7S/c1-31-22(28)21(27)25-14-9-16(23)20(17(24)10-14)32-15-7-8-18(26)19(11-15)33(29,30)12-13-5-3-2-4-6-13/h7-11,13,26H,2-6,12H2,1H3,(H,25,27). The minimum absolute atomic E-state index is 0.00218. The number of sulfone groups is 1. The van der Waals surface area contributed by atoms with Gasteiger partial charge in [-0.2, -0.15) is 0 Å². The number of benzene rings is 2. The van der Waals surface area contributed by atoms with Crippen molar-refractivity contribution in [2.75, 3.05) is 18.2 Å². The molecule has 0 heterocycles. The van der Waals surface area contributed by atoms with Gasteiger partial charge < -0.3 is 19.9 Å². The number of hydrogen-bond acceptors (Lipinski definition) is 7. The lowest BCUT2D eigenvalue weighted by Crippen LogP contribution is -2.23. The van der Waals surface area contributed by atoms with E-state index >= 15 is 0 Å². The Kier molecular flexibility index (Phi) is 8.10. The van der Waals surface area contributed by atoms with Crippen LogP contribution in [-0.4, -0.2) is 38.3 Å². The second-order valence-corrected chi connectivity index (χ2v) is 10.5. The molecular formula is C22H23Cl2NO7S. The maximum absolute atomic E-state index is 12.9. The molecular weight excluding hydrogens is 493 g/mol. The van der Waals surface area contributed by atoms with Crippen LogP contribution in [0.1, 0.15) is 32.1 Å². The van der Waals surface area contributed by atoms with E-state index in [1.165, 1.54) is 30.3 Å². The summed E-state index contributed by atoms with van der Waals surface area (Å²) in [5.41, 5.74) is 0.134. The highest BCUT2D eigenvalue weighted by molar-refractivity contribution is 7.91. The van der Waals surface area contributed by atoms with Gasteiger partial charge in [-0.3, -0.25) is 4.79 Å². The lowest BCUT2D eigenvalue weighted by atomic mass is 9.91. The fourth-order valence-corrected chi connectivity index (χ4v) is 6.06. The van der Waals surface area contributed by atoms with Gasteiger partial charge in [-0.15, -0.1) is 0 Å². The van der Waals surface area contributed by atoms with Gasteiger partial charge in [-0.1, -0.05) is 42.5 Å². The van der Waals surface area contributed by atoms with Gasteiger partial charge in [-0.05, 0) is 43.0 Å². The number of amides is 1. The van der Waals surface area contributed by atoms with Crippen LogP contribution in [0.2, 0.25) is 10.0 Å². The number of anilines is 1. The van der Waals surface area contributed by atoms with E-state index in [-0.39, 0.29) is 49.5 Å². The van der Waals surface area contributed by atoms with Crippen molar-refractivity contribution >= 4 is 50.6 Å². The highest BCUT2D eigenvalue weighted by Gasteiger charge is 2.26. The number of halogens is 2. The molecule has 0 radical (unpaired) electrons. The van der Waals surface area contributed by atoms with Crippen molar-refractivity contribution in [2.45, 2.75) is 37.0 Å². The molecule has 0 aromatic heterocycles. The SMILES string of the molecule is COC(=O)C(=O)Nc1cc(Cl)c(Oc2ccc(O)c(S(=O)(=O)CC3CCCCC3)c2)c(Cl)c1. The zero-order valence-electron chi connectivity index (χ0n) is 17.8. The maximum Gasteiger partial charge on any atom is 0.396 e. The van der Waals surface area contributed by atoms with Crippen LogP contribution >= 0.6 is 23.2 Å². The van der Waals surface area contributed by atoms with Crippen LogP contribution in [0.15, 0.2) is 35.2 Å². The van der Waals surface area contributed by atoms with Gasteiger partial charge in [-0.25, -0.2) is 13.2 Å². The first-order valence-electron chi connectivity index (χ1n) is 10.2. The number of rotatable bonds is 6. The second-order valence-electron chi connectivity index (χ2n) is 7.73. The van der Waals surface area contributed by atoms with Gasteiger partial charge in [0.25, 0.3) is 0 Å². The zero-order chi connectivity index (χ0) is 24.2. The van der Waals surface area contributed by atoms with E-state index in [0.717, 1.165) is 39.2 Å². The molecule has 2 aromatic carbocycles. The first-order valence-corrected chi connectivity index (χ1v) is 12.6. The molecule has 0 spiro atoms. The van der Waals surface area contributed by atoms with E-state index in [4.69, 9.17) is 27.9 Å². The minimum Gasteiger partial charge on any atom is -0.507 e. The Labute approximate surface area is 201 Å². The highest BCUT2D eigenvalue weighted by Crippen LogP contribution is 2.40. The summed E-state index contributed by atoms with van der Waals surface area (Å²) in [5.74, 6) is -2.33. The number of phenolic OH excluding ortho intramolecular Hbond substituents is 1. The molecule has 3 rings (SSSR count). The monoisotopic (exact) mass is 515 g/mol. The Hall–Kier alpha value is -2.49. The zero-order valence-corrected chi connectivity index (χ0v) is 20.1. The minimum atomic E-state index is -3.74. The van der Waals surface area contributed by atoms with E-state index in [1.54, 1.807) is 0 Å². The second kappa shape index (κ2) is 10.6. The van der Waals surface area contributed by atoms with Gasteiger partial charge in [0.15, 0.2) is 15.6 Å². The molecule has 8 nitrogen and oxygen atoms in total. The summed E-state index contributed by atoms with van der Waals surface area (Å²) < 4.78 is 35.9. The number of phenols is 1. The summed E-state index contributed by atoms with van der Waals surface area (Å²) in [6.07, 6.45) is 4.81. The summed E-state index contributed by atoms with van der Waals surface area (Å²) in [4.78, 5) is 22.7. The molecule has 0 saturated heterocycles. The van der Waals surface area contributed by atoms with Crippen LogP contribution in [0, 0.1) is 5.92 Å². The average molecular weight is 516 g/mol. The molecule has 0 unspecified atom stereocenters. The van der Waals surface area contributed by atoms with Gasteiger partial charge >= 0.3 is 11.9 Å². The van der Waals surface area contributed by atoms with Crippen molar-refractivity contribution in [3.05, 3.63) is 40.4 Å². The Bertz CT molecular complexity index is 1140. The number of nitrogens with one attached hydrogen (secondary N) is 1. The van der Waals surface area contributed by atoms with Gasteiger partial charge in [0.05, 0.1) is 22.9 Å². The molecule has 178 valence electrons. The van der Waals surface area contributed by atoms with Crippen LogP contribution in [0.5, 0.6) is 17.2 Å². The fraction of sp³-hybridized carbons (Fsp3) is 0.364. The van der Waals surface area contributed by atoms with Crippen LogP contribution in [0.25, 0.3) is 0 Å². The predicted molar refractivity (Wildman–Crippen MR) is 124 cm³/mol. The van der Waals surface area contributed by atoms with Crippen molar-refractivity contribution in [2.24, 2.45) is 5.92 Å². The third kappa shape index (κ3) is 6.31. The Morgan fingerprint density at radius 3 is 2.33 bits per heavy atom. The summed E-state index contributed by atoms with van der Waals surface area (Å²) >= 11 is 12.5. The quantitative estimate of drug-likeness (QED) is 0.412. The molecule has 1 fully saturated rings. The molecule has 1 saturated carbocycles. The van der Waals surface area contributed by atoms with Crippen LogP contribution < -0.4 is 10.1 Å². The molecule has 0 atom stereocenters. The fourth-order valence-electron chi connectivity index (χ4n) is 3.68. The van der Waals surface area contributed by atoms with E-state index in [9.17, 15) is 23.1 Å². The lowest BCUT2D eigenvalue weighted by molar-refractivity contribution is -0.150. The lowest BCUT2D eigenvalue weighted by Gasteiger charge is -2.21. The van der Waals surface area contributed by atoms with Crippen LogP contribution in [-0.2, 0) is 24.2 Å². The normalized spacial score (nSPS) is 14.5. The highest BCUT2D eigenvalue weighted by atomic mass is 35.5. The van der Waals surface area contributed by atoms with Crippen LogP contribution in [0.3, 0.4) is 0 Å². The largest absolute Gasteiger partial charge is 0.507 e. The Morgan fingerprint density at radius 1 is 1.09 bits per heavy atom. The number of ether oxygens (including phenoxy) is 2. The van der Waals surface area contributed by atoms with Crippen LogP contribution in [0.4, 0.5) is 5.69 Å². The summed E-state index contributed by atoms with van der Waals surface area (Å²) in [7, 11) is -2.67. The van der Waals surface area contributed by atoms with Gasteiger partial charge in [0, 0.05) is 11.8 Å². The van der Waals surface area contributed by atoms with Crippen molar-refractivity contribution in [3.8, 4) is 17.2 Å². The number of methoxy groups -OCH3 is 1. The summed E-state index contributed by atoms with van der Waals surface area (Å²) in [5, 5.41) is 12.5. The number of carbonyl (C=O) groups is 2.